The topological polar surface area (TPSA) is 107 Å². The van der Waals surface area contributed by atoms with E-state index in [1.807, 2.05) is 24.3 Å². The van der Waals surface area contributed by atoms with Crippen molar-refractivity contribution < 1.29 is 28.9 Å². The number of anilines is 1. The van der Waals surface area contributed by atoms with Gasteiger partial charge in [-0.25, -0.2) is 9.78 Å². The largest absolute Gasteiger partial charge is 0.490 e. The molecule has 8 nitrogen and oxygen atoms in total. The van der Waals surface area contributed by atoms with Gasteiger partial charge in [-0.2, -0.15) is 0 Å². The molecule has 0 spiro atoms. The number of hydrogen-bond donors (Lipinski definition) is 2. The summed E-state index contributed by atoms with van der Waals surface area (Å²) in [6.45, 7) is 0. The van der Waals surface area contributed by atoms with Gasteiger partial charge >= 0.3 is 5.97 Å². The van der Waals surface area contributed by atoms with Crippen molar-refractivity contribution in [1.29, 1.82) is 0 Å². The lowest BCUT2D eigenvalue weighted by Gasteiger charge is -2.24. The van der Waals surface area contributed by atoms with E-state index in [-0.39, 0.29) is 29.7 Å². The van der Waals surface area contributed by atoms with Crippen molar-refractivity contribution in [1.82, 2.24) is 4.98 Å². The molecule has 0 radical (unpaired) electrons. The monoisotopic (exact) mass is 504 g/mol. The molecule has 1 aliphatic carbocycles. The number of benzene rings is 2. The molecule has 2 N–H and O–H groups in total. The summed E-state index contributed by atoms with van der Waals surface area (Å²) in [7, 11) is 1.79. The van der Waals surface area contributed by atoms with Gasteiger partial charge in [0.2, 0.25) is 11.8 Å². The van der Waals surface area contributed by atoms with Gasteiger partial charge in [0.05, 0.1) is 29.9 Å². The SMILES string of the molecule is COC1CCCC(Oc2ccc(Oc3ccc(CC(=O)Nc4ccccc4C(=O)O)cn3)cc2)CCC1. The summed E-state index contributed by atoms with van der Waals surface area (Å²) < 4.78 is 17.5. The number of carboxylic acid groups (broad SMARTS) is 1. The zero-order valence-corrected chi connectivity index (χ0v) is 20.9. The predicted octanol–water partition coefficient (Wildman–Crippen LogP) is 5.87. The molecular weight excluding hydrogens is 472 g/mol. The van der Waals surface area contributed by atoms with Gasteiger partial charge in [0.15, 0.2) is 0 Å². The van der Waals surface area contributed by atoms with Gasteiger partial charge in [0, 0.05) is 19.4 Å². The Kier molecular flexibility index (Phi) is 9.10. The number of carboxylic acids is 1. The van der Waals surface area contributed by atoms with Gasteiger partial charge in [0.1, 0.15) is 11.5 Å². The number of aromatic nitrogens is 1. The Morgan fingerprint density at radius 2 is 1.59 bits per heavy atom. The molecule has 1 heterocycles. The van der Waals surface area contributed by atoms with Crippen LogP contribution in [0.1, 0.15) is 54.4 Å². The molecule has 3 aromatic rings. The lowest BCUT2D eigenvalue weighted by atomic mass is 9.96. The van der Waals surface area contributed by atoms with E-state index in [0.717, 1.165) is 44.3 Å². The third-order valence-corrected chi connectivity index (χ3v) is 6.38. The minimum absolute atomic E-state index is 0.0408. The molecule has 194 valence electrons. The Morgan fingerprint density at radius 3 is 2.24 bits per heavy atom. The Bertz CT molecular complexity index is 1170. The highest BCUT2D eigenvalue weighted by atomic mass is 16.5. The van der Waals surface area contributed by atoms with Crippen molar-refractivity contribution in [2.75, 3.05) is 12.4 Å². The van der Waals surface area contributed by atoms with Gasteiger partial charge in [-0.1, -0.05) is 18.2 Å². The molecule has 2 aromatic carbocycles. The lowest BCUT2D eigenvalue weighted by Crippen LogP contribution is -2.22. The molecule has 0 saturated heterocycles. The van der Waals surface area contributed by atoms with E-state index in [1.165, 1.54) is 6.07 Å². The summed E-state index contributed by atoms with van der Waals surface area (Å²) in [6.07, 6.45) is 8.63. The molecule has 0 aliphatic heterocycles. The Balaban J connectivity index is 1.27. The van der Waals surface area contributed by atoms with Gasteiger partial charge in [-0.15, -0.1) is 0 Å². The number of nitrogens with one attached hydrogen (secondary N) is 1. The van der Waals surface area contributed by atoms with E-state index >= 15 is 0 Å². The van der Waals surface area contributed by atoms with Crippen molar-refractivity contribution in [3.63, 3.8) is 0 Å². The molecule has 0 bridgehead atoms. The summed E-state index contributed by atoms with van der Waals surface area (Å²) in [5, 5.41) is 11.9. The second kappa shape index (κ2) is 12.9. The molecule has 0 atom stereocenters. The van der Waals surface area contributed by atoms with Crippen LogP contribution < -0.4 is 14.8 Å². The molecule has 0 unspecified atom stereocenters. The molecule has 1 aliphatic rings. The summed E-state index contributed by atoms with van der Waals surface area (Å²) in [4.78, 5) is 28.0. The quantitative estimate of drug-likeness (QED) is 0.375. The van der Waals surface area contributed by atoms with Crippen LogP contribution in [-0.4, -0.2) is 41.3 Å². The van der Waals surface area contributed by atoms with E-state index in [4.69, 9.17) is 14.2 Å². The van der Waals surface area contributed by atoms with Crippen LogP contribution in [0.2, 0.25) is 0 Å². The minimum Gasteiger partial charge on any atom is -0.490 e. The van der Waals surface area contributed by atoms with Gasteiger partial charge in [-0.3, -0.25) is 4.79 Å². The highest BCUT2D eigenvalue weighted by molar-refractivity contribution is 6.00. The molecule has 37 heavy (non-hydrogen) atoms. The molecule has 1 saturated carbocycles. The third-order valence-electron chi connectivity index (χ3n) is 6.38. The van der Waals surface area contributed by atoms with E-state index in [1.54, 1.807) is 43.6 Å². The first-order chi connectivity index (χ1) is 18.0. The number of para-hydroxylation sites is 1. The number of amides is 1. The number of ether oxygens (including phenoxy) is 3. The fourth-order valence-corrected chi connectivity index (χ4v) is 4.42. The number of carbonyl (C=O) groups excluding carboxylic acids is 1. The molecule has 4 rings (SSSR count). The smallest absolute Gasteiger partial charge is 0.337 e. The molecule has 1 aromatic heterocycles. The summed E-state index contributed by atoms with van der Waals surface area (Å²) in [6, 6.07) is 17.2. The normalized spacial score (nSPS) is 17.8. The zero-order valence-electron chi connectivity index (χ0n) is 20.9. The minimum atomic E-state index is -1.10. The lowest BCUT2D eigenvalue weighted by molar-refractivity contribution is -0.115. The Hall–Kier alpha value is -3.91. The van der Waals surface area contributed by atoms with Crippen LogP contribution in [0.5, 0.6) is 17.4 Å². The molecular formula is C29H32N2O6. The second-order valence-corrected chi connectivity index (χ2v) is 9.11. The van der Waals surface area contributed by atoms with Crippen molar-refractivity contribution in [3.05, 3.63) is 78.0 Å². The van der Waals surface area contributed by atoms with Gasteiger partial charge < -0.3 is 24.6 Å². The number of aromatic carboxylic acids is 1. The van der Waals surface area contributed by atoms with Crippen LogP contribution in [0.3, 0.4) is 0 Å². The van der Waals surface area contributed by atoms with E-state index in [2.05, 4.69) is 10.3 Å². The highest BCUT2D eigenvalue weighted by Crippen LogP contribution is 2.27. The fraction of sp³-hybridized carbons (Fsp3) is 0.345. The maximum atomic E-state index is 12.4. The Morgan fingerprint density at radius 1 is 0.919 bits per heavy atom. The number of nitrogens with zero attached hydrogens (tertiary/aromatic N) is 1. The first kappa shape index (κ1) is 26.2. The van der Waals surface area contributed by atoms with Crippen LogP contribution in [-0.2, 0) is 16.0 Å². The van der Waals surface area contributed by atoms with Crippen LogP contribution >= 0.6 is 0 Å². The number of hydrogen-bond acceptors (Lipinski definition) is 6. The predicted molar refractivity (Wildman–Crippen MR) is 139 cm³/mol. The summed E-state index contributed by atoms with van der Waals surface area (Å²) >= 11 is 0. The summed E-state index contributed by atoms with van der Waals surface area (Å²) in [5.74, 6) is 0.430. The van der Waals surface area contributed by atoms with Crippen LogP contribution in [0.15, 0.2) is 66.9 Å². The fourth-order valence-electron chi connectivity index (χ4n) is 4.42. The zero-order chi connectivity index (χ0) is 26.0. The maximum absolute atomic E-state index is 12.4. The van der Waals surface area contributed by atoms with Gasteiger partial charge in [0.25, 0.3) is 0 Å². The van der Waals surface area contributed by atoms with Crippen LogP contribution in [0, 0.1) is 0 Å². The Labute approximate surface area is 216 Å². The third kappa shape index (κ3) is 7.79. The average Bonchev–Trinajstić information content (AvgIpc) is 2.88. The first-order valence-electron chi connectivity index (χ1n) is 12.5. The van der Waals surface area contributed by atoms with E-state index < -0.39 is 5.97 Å². The average molecular weight is 505 g/mol. The van der Waals surface area contributed by atoms with Crippen molar-refractivity contribution in [3.8, 4) is 17.4 Å². The number of carbonyl (C=O) groups is 2. The maximum Gasteiger partial charge on any atom is 0.337 e. The standard InChI is InChI=1S/C29H32N2O6/c1-35-21-6-4-8-22(9-5-7-21)36-23-13-15-24(16-14-23)37-28-17-12-20(19-30-28)18-27(32)31-26-11-3-2-10-25(26)29(33)34/h2-3,10-17,19,21-22H,4-9,18H2,1H3,(H,31,32)(H,33,34). The number of pyridine rings is 1. The summed E-state index contributed by atoms with van der Waals surface area (Å²) in [5.41, 5.74) is 0.978. The number of rotatable bonds is 9. The van der Waals surface area contributed by atoms with Crippen LogP contribution in [0.25, 0.3) is 0 Å². The van der Waals surface area contributed by atoms with Crippen molar-refractivity contribution in [2.45, 2.75) is 57.2 Å². The first-order valence-corrected chi connectivity index (χ1v) is 12.5. The number of methoxy groups -OCH3 is 1. The molecule has 1 amide bonds. The van der Waals surface area contributed by atoms with E-state index in [0.29, 0.717) is 23.3 Å². The highest BCUT2D eigenvalue weighted by Gasteiger charge is 2.18. The molecule has 8 heteroatoms. The van der Waals surface area contributed by atoms with Crippen LogP contribution in [0.4, 0.5) is 5.69 Å². The van der Waals surface area contributed by atoms with Crippen molar-refractivity contribution >= 4 is 17.6 Å². The van der Waals surface area contributed by atoms with Crippen molar-refractivity contribution in [2.24, 2.45) is 0 Å². The second-order valence-electron chi connectivity index (χ2n) is 9.11. The van der Waals surface area contributed by atoms with E-state index in [9.17, 15) is 14.7 Å². The molecule has 1 fully saturated rings. The van der Waals surface area contributed by atoms with Gasteiger partial charge in [-0.05, 0) is 80.5 Å².